The summed E-state index contributed by atoms with van der Waals surface area (Å²) in [5.74, 6) is 0. The molecule has 0 N–H and O–H groups in total. The summed E-state index contributed by atoms with van der Waals surface area (Å²) in [6.45, 7) is 16.5. The van der Waals surface area contributed by atoms with E-state index in [0.29, 0.717) is 19.5 Å². The number of rotatable bonds is 8. The molecule has 0 saturated carbocycles. The molecule has 0 saturated heterocycles. The van der Waals surface area contributed by atoms with Crippen molar-refractivity contribution in [2.75, 3.05) is 0 Å². The first-order valence-corrected chi connectivity index (χ1v) is 16.9. The van der Waals surface area contributed by atoms with Crippen molar-refractivity contribution in [3.8, 4) is 0 Å². The Morgan fingerprint density at radius 2 is 0.882 bits per heavy atom. The van der Waals surface area contributed by atoms with Crippen molar-refractivity contribution in [2.45, 2.75) is 52.4 Å². The molecule has 0 aliphatic rings. The average Bonchev–Trinajstić information content (AvgIpc) is 1.96. The highest BCUT2D eigenvalue weighted by molar-refractivity contribution is 6.86. The SMILES string of the molecule is C[Si]O[Si](C)(C)O[Si](C)(C)O[Si](C)(C)O[Si]C. The van der Waals surface area contributed by atoms with Crippen molar-refractivity contribution in [2.24, 2.45) is 0 Å². The van der Waals surface area contributed by atoms with E-state index in [0.717, 1.165) is 0 Å². The molecule has 100 valence electrons. The van der Waals surface area contributed by atoms with Crippen LogP contribution < -0.4 is 0 Å². The van der Waals surface area contributed by atoms with E-state index in [1.54, 1.807) is 0 Å². The lowest BCUT2D eigenvalue weighted by Gasteiger charge is -2.37. The monoisotopic (exact) mass is 324 g/mol. The van der Waals surface area contributed by atoms with Gasteiger partial charge in [0.15, 0.2) is 0 Å². The third kappa shape index (κ3) is 8.61. The second-order valence-electron chi connectivity index (χ2n) is 5.02. The van der Waals surface area contributed by atoms with Gasteiger partial charge in [-0.05, 0) is 52.4 Å². The molecule has 0 aromatic carbocycles. The molecule has 0 aliphatic heterocycles. The largest absolute Gasteiger partial charge is 0.437 e. The van der Waals surface area contributed by atoms with E-state index in [9.17, 15) is 0 Å². The molecule has 0 rings (SSSR count). The quantitative estimate of drug-likeness (QED) is 0.643. The summed E-state index contributed by atoms with van der Waals surface area (Å²) >= 11 is 0. The topological polar surface area (TPSA) is 36.9 Å². The van der Waals surface area contributed by atoms with Gasteiger partial charge in [0.2, 0.25) is 19.5 Å². The molecule has 0 unspecified atom stereocenters. The van der Waals surface area contributed by atoms with Gasteiger partial charge >= 0.3 is 25.7 Å². The summed E-state index contributed by atoms with van der Waals surface area (Å²) in [6, 6.07) is 0. The third-order valence-electron chi connectivity index (χ3n) is 1.68. The standard InChI is InChI=1S/C8H24O4Si5/c1-13-9-15(3,4)11-17(7,8)12-16(5,6)10-14-2/h1-8H3. The van der Waals surface area contributed by atoms with Crippen LogP contribution in [0.4, 0.5) is 0 Å². The maximum Gasteiger partial charge on any atom is 0.314 e. The van der Waals surface area contributed by atoms with Gasteiger partial charge in [-0.2, -0.15) is 0 Å². The summed E-state index contributed by atoms with van der Waals surface area (Å²) in [4.78, 5) is 0. The highest BCUT2D eigenvalue weighted by Crippen LogP contribution is 2.21. The van der Waals surface area contributed by atoms with Crippen LogP contribution in [0.1, 0.15) is 0 Å². The maximum absolute atomic E-state index is 6.15. The van der Waals surface area contributed by atoms with Crippen molar-refractivity contribution < 1.29 is 16.5 Å². The van der Waals surface area contributed by atoms with Gasteiger partial charge in [-0.1, -0.05) is 0 Å². The molecule has 0 amide bonds. The lowest BCUT2D eigenvalue weighted by atomic mass is 11.9. The summed E-state index contributed by atoms with van der Waals surface area (Å²) < 4.78 is 23.7. The Morgan fingerprint density at radius 1 is 0.588 bits per heavy atom. The third-order valence-corrected chi connectivity index (χ3v) is 15.1. The molecule has 4 nitrogen and oxygen atoms in total. The van der Waals surface area contributed by atoms with Gasteiger partial charge in [0.1, 0.15) is 0 Å². The summed E-state index contributed by atoms with van der Waals surface area (Å²) in [6.07, 6.45) is 0. The summed E-state index contributed by atoms with van der Waals surface area (Å²) in [7, 11) is -5.32. The molecular weight excluding hydrogens is 301 g/mol. The van der Waals surface area contributed by atoms with Gasteiger partial charge in [-0.25, -0.2) is 0 Å². The van der Waals surface area contributed by atoms with Crippen molar-refractivity contribution in [1.82, 2.24) is 0 Å². The molecular formula is C8H24O4Si5. The van der Waals surface area contributed by atoms with Gasteiger partial charge in [0.05, 0.1) is 0 Å². The van der Waals surface area contributed by atoms with Crippen molar-refractivity contribution in [3.63, 3.8) is 0 Å². The molecule has 0 atom stereocenters. The van der Waals surface area contributed by atoms with Crippen molar-refractivity contribution in [1.29, 1.82) is 0 Å². The van der Waals surface area contributed by atoms with E-state index >= 15 is 0 Å². The van der Waals surface area contributed by atoms with Gasteiger partial charge in [0, 0.05) is 0 Å². The van der Waals surface area contributed by atoms with Crippen LogP contribution in [0.3, 0.4) is 0 Å². The zero-order chi connectivity index (χ0) is 13.7. The van der Waals surface area contributed by atoms with Gasteiger partial charge < -0.3 is 16.5 Å². The Balaban J connectivity index is 4.47. The molecule has 0 spiro atoms. The van der Waals surface area contributed by atoms with Crippen LogP contribution in [0.5, 0.6) is 0 Å². The number of hydrogen-bond acceptors (Lipinski definition) is 4. The van der Waals surface area contributed by atoms with Crippen molar-refractivity contribution in [3.05, 3.63) is 0 Å². The zero-order valence-corrected chi connectivity index (χ0v) is 17.1. The van der Waals surface area contributed by atoms with E-state index in [2.05, 4.69) is 39.3 Å². The predicted octanol–water partition coefficient (Wildman–Crippen LogP) is 2.49. The van der Waals surface area contributed by atoms with E-state index in [1.165, 1.54) is 0 Å². The minimum Gasteiger partial charge on any atom is -0.437 e. The Kier molecular flexibility index (Phi) is 7.28. The fourth-order valence-corrected chi connectivity index (χ4v) is 16.8. The van der Waals surface area contributed by atoms with Crippen LogP contribution in [0.15, 0.2) is 0 Å². The van der Waals surface area contributed by atoms with Gasteiger partial charge in [-0.3, -0.25) is 0 Å². The van der Waals surface area contributed by atoms with E-state index in [4.69, 9.17) is 16.5 Å². The molecule has 0 heterocycles. The Labute approximate surface area is 114 Å². The summed E-state index contributed by atoms with van der Waals surface area (Å²) in [5, 5.41) is 0. The lowest BCUT2D eigenvalue weighted by Crippen LogP contribution is -2.54. The van der Waals surface area contributed by atoms with Gasteiger partial charge in [-0.15, -0.1) is 0 Å². The molecule has 4 radical (unpaired) electrons. The first kappa shape index (κ1) is 17.9. The second-order valence-corrected chi connectivity index (χ2v) is 17.5. The van der Waals surface area contributed by atoms with Crippen LogP contribution in [0, 0.1) is 0 Å². The summed E-state index contributed by atoms with van der Waals surface area (Å²) in [5.41, 5.74) is 0. The first-order valence-electron chi connectivity index (χ1n) is 5.63. The zero-order valence-electron chi connectivity index (χ0n) is 12.1. The van der Waals surface area contributed by atoms with Crippen LogP contribution in [0.25, 0.3) is 0 Å². The average molecular weight is 325 g/mol. The van der Waals surface area contributed by atoms with Crippen LogP contribution in [-0.2, 0) is 16.5 Å². The highest BCUT2D eigenvalue weighted by Gasteiger charge is 2.41. The Hall–Kier alpha value is 0.924. The molecule has 0 aliphatic carbocycles. The highest BCUT2D eigenvalue weighted by atomic mass is 28.5. The Morgan fingerprint density at radius 3 is 1.12 bits per heavy atom. The fourth-order valence-electron chi connectivity index (χ4n) is 1.74. The molecule has 0 bridgehead atoms. The fraction of sp³-hybridized carbons (Fsp3) is 1.00. The van der Waals surface area contributed by atoms with Crippen LogP contribution >= 0.6 is 0 Å². The first-order chi connectivity index (χ1) is 7.54. The van der Waals surface area contributed by atoms with E-state index in [1.807, 2.05) is 13.1 Å². The predicted molar refractivity (Wildman–Crippen MR) is 80.0 cm³/mol. The Bertz CT molecular complexity index is 212. The van der Waals surface area contributed by atoms with Crippen LogP contribution in [-0.4, -0.2) is 45.2 Å². The minimum absolute atomic E-state index is 0.468. The van der Waals surface area contributed by atoms with Crippen LogP contribution in [0.2, 0.25) is 52.4 Å². The molecule has 17 heavy (non-hydrogen) atoms. The lowest BCUT2D eigenvalue weighted by molar-refractivity contribution is 0.308. The second kappa shape index (κ2) is 6.91. The smallest absolute Gasteiger partial charge is 0.314 e. The molecule has 0 aromatic heterocycles. The van der Waals surface area contributed by atoms with Crippen molar-refractivity contribution >= 4 is 45.2 Å². The van der Waals surface area contributed by atoms with Gasteiger partial charge in [0.25, 0.3) is 0 Å². The van der Waals surface area contributed by atoms with E-state index < -0.39 is 25.7 Å². The molecule has 0 fully saturated rings. The molecule has 9 heteroatoms. The normalized spacial score (nSPS) is 14.1. The maximum atomic E-state index is 6.15. The number of hydrogen-bond donors (Lipinski definition) is 0. The van der Waals surface area contributed by atoms with E-state index in [-0.39, 0.29) is 0 Å². The minimum atomic E-state index is -2.17. The molecule has 0 aromatic rings.